The van der Waals surface area contributed by atoms with E-state index in [0.717, 1.165) is 23.8 Å². The molecule has 0 fully saturated rings. The standard InChI is InChI=1S/C15H16O5S/c1-3-13(16)19-11-6-7-12(20-21(2,17)18)15-10-5-4-9(8-10)14(11)15/h4-7,9-10H,3,8H2,1-2H3/t9-,10+/m1/s1. The summed E-state index contributed by atoms with van der Waals surface area (Å²) in [6.45, 7) is 1.73. The molecule has 0 heterocycles. The number of allylic oxidation sites excluding steroid dienone is 2. The summed E-state index contributed by atoms with van der Waals surface area (Å²) in [5, 5.41) is 0. The topological polar surface area (TPSA) is 69.7 Å². The first-order valence-corrected chi connectivity index (χ1v) is 8.66. The van der Waals surface area contributed by atoms with Crippen molar-refractivity contribution in [2.45, 2.75) is 31.6 Å². The molecule has 0 unspecified atom stereocenters. The third-order valence-electron chi connectivity index (χ3n) is 3.79. The van der Waals surface area contributed by atoms with E-state index in [0.29, 0.717) is 17.9 Å². The Labute approximate surface area is 123 Å². The van der Waals surface area contributed by atoms with Gasteiger partial charge in [0.05, 0.1) is 6.26 Å². The van der Waals surface area contributed by atoms with Gasteiger partial charge in [0.1, 0.15) is 11.5 Å². The summed E-state index contributed by atoms with van der Waals surface area (Å²) >= 11 is 0. The Hall–Kier alpha value is -1.82. The predicted octanol–water partition coefficient (Wildman–Crippen LogP) is 2.48. The van der Waals surface area contributed by atoms with E-state index in [9.17, 15) is 13.2 Å². The van der Waals surface area contributed by atoms with Crippen molar-refractivity contribution >= 4 is 16.1 Å². The summed E-state index contributed by atoms with van der Waals surface area (Å²) in [5.74, 6) is 0.825. The minimum Gasteiger partial charge on any atom is -0.426 e. The van der Waals surface area contributed by atoms with Crippen LogP contribution in [-0.2, 0) is 14.9 Å². The summed E-state index contributed by atoms with van der Waals surface area (Å²) in [6.07, 6.45) is 6.30. The Morgan fingerprint density at radius 2 is 1.76 bits per heavy atom. The highest BCUT2D eigenvalue weighted by Gasteiger charge is 2.38. The molecule has 2 aliphatic carbocycles. The molecule has 1 aromatic rings. The van der Waals surface area contributed by atoms with Gasteiger partial charge in [0.25, 0.3) is 0 Å². The molecule has 2 atom stereocenters. The lowest BCUT2D eigenvalue weighted by atomic mass is 9.95. The summed E-state index contributed by atoms with van der Waals surface area (Å²) in [4.78, 5) is 11.5. The van der Waals surface area contributed by atoms with Crippen molar-refractivity contribution < 1.29 is 22.1 Å². The van der Waals surface area contributed by atoms with Gasteiger partial charge in [-0.15, -0.1) is 0 Å². The van der Waals surface area contributed by atoms with E-state index in [1.165, 1.54) is 0 Å². The molecule has 21 heavy (non-hydrogen) atoms. The smallest absolute Gasteiger partial charge is 0.310 e. The molecule has 5 nitrogen and oxygen atoms in total. The van der Waals surface area contributed by atoms with E-state index < -0.39 is 10.1 Å². The lowest BCUT2D eigenvalue weighted by Crippen LogP contribution is -2.11. The SMILES string of the molecule is CCC(=O)Oc1ccc(OS(C)(=O)=O)c2c1[C@@H]1C=C[C@H]2C1. The monoisotopic (exact) mass is 308 g/mol. The average molecular weight is 308 g/mol. The van der Waals surface area contributed by atoms with Gasteiger partial charge in [-0.25, -0.2) is 0 Å². The summed E-state index contributed by atoms with van der Waals surface area (Å²) in [6, 6.07) is 3.17. The fraction of sp³-hybridized carbons (Fsp3) is 0.400. The molecule has 0 amide bonds. The zero-order valence-corrected chi connectivity index (χ0v) is 12.6. The van der Waals surface area contributed by atoms with Gasteiger partial charge in [0.2, 0.25) is 0 Å². The van der Waals surface area contributed by atoms with Crippen LogP contribution in [0, 0.1) is 0 Å². The van der Waals surface area contributed by atoms with Crippen LogP contribution in [0.1, 0.15) is 42.7 Å². The zero-order valence-electron chi connectivity index (χ0n) is 11.8. The van der Waals surface area contributed by atoms with Crippen molar-refractivity contribution in [2.24, 2.45) is 0 Å². The molecule has 0 saturated carbocycles. The molecule has 0 radical (unpaired) electrons. The van der Waals surface area contributed by atoms with E-state index in [2.05, 4.69) is 6.08 Å². The van der Waals surface area contributed by atoms with Crippen molar-refractivity contribution in [1.29, 1.82) is 0 Å². The molecule has 2 aliphatic rings. The maximum atomic E-state index is 11.5. The molecule has 1 aromatic carbocycles. The van der Waals surface area contributed by atoms with E-state index in [4.69, 9.17) is 8.92 Å². The van der Waals surface area contributed by atoms with E-state index in [-0.39, 0.29) is 17.8 Å². The van der Waals surface area contributed by atoms with Crippen LogP contribution in [0.4, 0.5) is 0 Å². The van der Waals surface area contributed by atoms with Crippen LogP contribution in [0.5, 0.6) is 11.5 Å². The highest BCUT2D eigenvalue weighted by atomic mass is 32.2. The van der Waals surface area contributed by atoms with Crippen molar-refractivity contribution in [2.75, 3.05) is 6.26 Å². The molecule has 0 aliphatic heterocycles. The molecule has 0 N–H and O–H groups in total. The fourth-order valence-corrected chi connectivity index (χ4v) is 3.48. The lowest BCUT2D eigenvalue weighted by Gasteiger charge is -2.18. The van der Waals surface area contributed by atoms with E-state index in [1.807, 2.05) is 6.08 Å². The molecular formula is C15H16O5S. The van der Waals surface area contributed by atoms with Crippen molar-refractivity contribution in [1.82, 2.24) is 0 Å². The van der Waals surface area contributed by atoms with Crippen LogP contribution in [0.25, 0.3) is 0 Å². The number of hydrogen-bond acceptors (Lipinski definition) is 5. The second-order valence-corrected chi connectivity index (χ2v) is 6.91. The zero-order chi connectivity index (χ0) is 15.2. The number of fused-ring (bicyclic) bond motifs is 5. The van der Waals surface area contributed by atoms with Gasteiger partial charge in [0.15, 0.2) is 0 Å². The second kappa shape index (κ2) is 4.87. The Bertz CT molecular complexity index is 733. The van der Waals surface area contributed by atoms with Crippen LogP contribution >= 0.6 is 0 Å². The first-order chi connectivity index (χ1) is 9.89. The molecule has 3 rings (SSSR count). The quantitative estimate of drug-likeness (QED) is 0.370. The van der Waals surface area contributed by atoms with Crippen LogP contribution < -0.4 is 8.92 Å². The lowest BCUT2D eigenvalue weighted by molar-refractivity contribution is -0.134. The fourth-order valence-electron chi connectivity index (χ4n) is 3.01. The molecule has 6 heteroatoms. The molecule has 0 spiro atoms. The highest BCUT2D eigenvalue weighted by Crippen LogP contribution is 2.55. The molecule has 112 valence electrons. The number of carbonyl (C=O) groups excluding carboxylic acids is 1. The van der Waals surface area contributed by atoms with Gasteiger partial charge >= 0.3 is 16.1 Å². The van der Waals surface area contributed by atoms with Crippen LogP contribution in [0.2, 0.25) is 0 Å². The van der Waals surface area contributed by atoms with Gasteiger partial charge in [-0.2, -0.15) is 8.42 Å². The van der Waals surface area contributed by atoms with Gasteiger partial charge in [0, 0.05) is 29.4 Å². The van der Waals surface area contributed by atoms with E-state index >= 15 is 0 Å². The van der Waals surface area contributed by atoms with Crippen molar-refractivity contribution in [3.8, 4) is 11.5 Å². The maximum absolute atomic E-state index is 11.5. The third-order valence-corrected chi connectivity index (χ3v) is 4.27. The minimum absolute atomic E-state index is 0.127. The third kappa shape index (κ3) is 2.55. The number of carbonyl (C=O) groups is 1. The normalized spacial score (nSPS) is 22.2. The van der Waals surface area contributed by atoms with Crippen molar-refractivity contribution in [3.05, 3.63) is 35.4 Å². The van der Waals surface area contributed by atoms with Crippen LogP contribution in [0.15, 0.2) is 24.3 Å². The first-order valence-electron chi connectivity index (χ1n) is 6.84. The predicted molar refractivity (Wildman–Crippen MR) is 77.1 cm³/mol. The summed E-state index contributed by atoms with van der Waals surface area (Å²) in [7, 11) is -3.59. The number of rotatable bonds is 4. The molecular weight excluding hydrogens is 292 g/mol. The van der Waals surface area contributed by atoms with E-state index in [1.54, 1.807) is 19.1 Å². The Morgan fingerprint density at radius 1 is 1.19 bits per heavy atom. The number of hydrogen-bond donors (Lipinski definition) is 0. The maximum Gasteiger partial charge on any atom is 0.310 e. The number of ether oxygens (including phenoxy) is 1. The molecule has 2 bridgehead atoms. The Balaban J connectivity index is 2.07. The van der Waals surface area contributed by atoms with Gasteiger partial charge in [-0.05, 0) is 18.6 Å². The minimum atomic E-state index is -3.59. The van der Waals surface area contributed by atoms with Gasteiger partial charge in [-0.3, -0.25) is 4.79 Å². The molecule has 0 aromatic heterocycles. The van der Waals surface area contributed by atoms with Crippen LogP contribution in [0.3, 0.4) is 0 Å². The largest absolute Gasteiger partial charge is 0.426 e. The summed E-state index contributed by atoms with van der Waals surface area (Å²) < 4.78 is 33.2. The van der Waals surface area contributed by atoms with Crippen molar-refractivity contribution in [3.63, 3.8) is 0 Å². The number of esters is 1. The van der Waals surface area contributed by atoms with Crippen LogP contribution in [-0.4, -0.2) is 20.6 Å². The van der Waals surface area contributed by atoms with Gasteiger partial charge < -0.3 is 8.92 Å². The average Bonchev–Trinajstić information content (AvgIpc) is 3.01. The second-order valence-electron chi connectivity index (χ2n) is 5.34. The Morgan fingerprint density at radius 3 is 2.33 bits per heavy atom. The highest BCUT2D eigenvalue weighted by molar-refractivity contribution is 7.86. The Kier molecular flexibility index (Phi) is 3.28. The first kappa shape index (κ1) is 14.1. The van der Waals surface area contributed by atoms with Gasteiger partial charge in [-0.1, -0.05) is 19.1 Å². The summed E-state index contributed by atoms with van der Waals surface area (Å²) in [5.41, 5.74) is 1.71. The molecule has 0 saturated heterocycles. The number of benzene rings is 1.